The third-order valence-corrected chi connectivity index (χ3v) is 5.38. The first-order chi connectivity index (χ1) is 11.9. The van der Waals surface area contributed by atoms with Crippen LogP contribution in [-0.4, -0.2) is 35.7 Å². The summed E-state index contributed by atoms with van der Waals surface area (Å²) in [5, 5.41) is 0. The monoisotopic (exact) mass is 383 g/mol. The van der Waals surface area contributed by atoms with Crippen LogP contribution in [0.25, 0.3) is 0 Å². The fourth-order valence-electron chi connectivity index (χ4n) is 4.15. The maximum absolute atomic E-state index is 14.2. The molecule has 9 heteroatoms. The third kappa shape index (κ3) is 2.66. The first-order valence-electron chi connectivity index (χ1n) is 8.11. The van der Waals surface area contributed by atoms with Crippen molar-refractivity contribution in [2.75, 3.05) is 6.54 Å². The molecular weight excluding hydrogens is 367 g/mol. The predicted molar refractivity (Wildman–Crippen MR) is 78.2 cm³/mol. The molecule has 0 saturated carbocycles. The summed E-state index contributed by atoms with van der Waals surface area (Å²) in [5.74, 6) is -0.267. The number of amides is 1. The van der Waals surface area contributed by atoms with Gasteiger partial charge in [0, 0.05) is 31.0 Å². The van der Waals surface area contributed by atoms with Crippen molar-refractivity contribution < 1.29 is 35.5 Å². The molecule has 26 heavy (non-hydrogen) atoms. The highest BCUT2D eigenvalue weighted by molar-refractivity contribution is 5.74. The number of benzene rings is 1. The minimum Gasteiger partial charge on any atom is -0.339 e. The number of fused-ring (bicyclic) bond motifs is 3. The Morgan fingerprint density at radius 1 is 1.04 bits per heavy atom. The van der Waals surface area contributed by atoms with Gasteiger partial charge in [0.1, 0.15) is 0 Å². The van der Waals surface area contributed by atoms with Crippen molar-refractivity contribution in [2.45, 2.75) is 56.2 Å². The van der Waals surface area contributed by atoms with E-state index >= 15 is 0 Å². The van der Waals surface area contributed by atoms with E-state index in [1.807, 2.05) is 0 Å². The summed E-state index contributed by atoms with van der Waals surface area (Å²) in [5.41, 5.74) is -5.98. The number of hydrogen-bond donors (Lipinski definition) is 0. The van der Waals surface area contributed by atoms with Crippen molar-refractivity contribution in [1.82, 2.24) is 4.90 Å². The van der Waals surface area contributed by atoms with Crippen molar-refractivity contribution in [3.05, 3.63) is 34.9 Å². The van der Waals surface area contributed by atoms with Gasteiger partial charge in [0.2, 0.25) is 5.91 Å². The second-order valence-electron chi connectivity index (χ2n) is 6.78. The van der Waals surface area contributed by atoms with Gasteiger partial charge < -0.3 is 4.90 Å². The number of carbonyl (C=O) groups excluding carboxylic acids is 1. The summed E-state index contributed by atoms with van der Waals surface area (Å²) in [4.78, 5) is 13.3. The highest BCUT2D eigenvalue weighted by Gasteiger charge is 2.73. The number of hydrogen-bond acceptors (Lipinski definition) is 1. The second kappa shape index (κ2) is 5.85. The number of aryl methyl sites for hydroxylation is 1. The first kappa shape index (κ1) is 19.0. The molecule has 0 N–H and O–H groups in total. The van der Waals surface area contributed by atoms with E-state index in [4.69, 9.17) is 0 Å². The van der Waals surface area contributed by atoms with Gasteiger partial charge in [0.25, 0.3) is 0 Å². The molecule has 1 aliphatic heterocycles. The molecule has 1 saturated heterocycles. The standard InChI is InChI=1S/C17H16F7NO/c1-9(26)25-7-6-13-12-4-3-11(8-10(12)2-5-14(13)25)15(18,16(19,20)21)17(22,23)24/h3-4,8,13-14H,2,5-7H2,1H3. The molecule has 1 aromatic carbocycles. The molecular formula is C17H16F7NO. The van der Waals surface area contributed by atoms with Crippen molar-refractivity contribution in [3.8, 4) is 0 Å². The van der Waals surface area contributed by atoms with Gasteiger partial charge in [-0.3, -0.25) is 4.79 Å². The zero-order chi connectivity index (χ0) is 19.5. The van der Waals surface area contributed by atoms with E-state index in [2.05, 4.69) is 0 Å². The lowest BCUT2D eigenvalue weighted by Gasteiger charge is -2.35. The lowest BCUT2D eigenvalue weighted by Crippen LogP contribution is -2.50. The van der Waals surface area contributed by atoms with Crippen molar-refractivity contribution in [2.24, 2.45) is 0 Å². The van der Waals surface area contributed by atoms with Gasteiger partial charge in [-0.15, -0.1) is 0 Å². The van der Waals surface area contributed by atoms with Gasteiger partial charge in [-0.05, 0) is 30.4 Å². The number of carbonyl (C=O) groups is 1. The average molecular weight is 383 g/mol. The molecule has 3 rings (SSSR count). The van der Waals surface area contributed by atoms with Gasteiger partial charge in [0.05, 0.1) is 0 Å². The van der Waals surface area contributed by atoms with E-state index in [9.17, 15) is 35.5 Å². The van der Waals surface area contributed by atoms with Crippen LogP contribution in [0.15, 0.2) is 18.2 Å². The van der Waals surface area contributed by atoms with E-state index in [0.29, 0.717) is 37.1 Å². The van der Waals surface area contributed by atoms with Crippen LogP contribution in [-0.2, 0) is 16.9 Å². The largest absolute Gasteiger partial charge is 0.435 e. The summed E-state index contributed by atoms with van der Waals surface area (Å²) >= 11 is 0. The molecule has 1 aromatic rings. The smallest absolute Gasteiger partial charge is 0.339 e. The van der Waals surface area contributed by atoms with E-state index in [1.54, 1.807) is 4.90 Å². The van der Waals surface area contributed by atoms with Crippen LogP contribution in [0.2, 0.25) is 0 Å². The summed E-state index contributed by atoms with van der Waals surface area (Å²) in [7, 11) is 0. The van der Waals surface area contributed by atoms with Crippen LogP contribution in [0.1, 0.15) is 42.4 Å². The lowest BCUT2D eigenvalue weighted by molar-refractivity contribution is -0.348. The molecule has 2 unspecified atom stereocenters. The molecule has 1 fully saturated rings. The maximum Gasteiger partial charge on any atom is 0.435 e. The molecule has 144 valence electrons. The molecule has 2 atom stereocenters. The van der Waals surface area contributed by atoms with Crippen molar-refractivity contribution >= 4 is 5.91 Å². The number of halogens is 7. The van der Waals surface area contributed by atoms with Gasteiger partial charge in [-0.1, -0.05) is 18.2 Å². The Morgan fingerprint density at radius 3 is 2.19 bits per heavy atom. The van der Waals surface area contributed by atoms with Crippen LogP contribution in [0.5, 0.6) is 0 Å². The molecule has 1 amide bonds. The molecule has 2 aliphatic rings. The van der Waals surface area contributed by atoms with Gasteiger partial charge in [-0.25, -0.2) is 4.39 Å². The van der Waals surface area contributed by atoms with Gasteiger partial charge in [-0.2, -0.15) is 26.3 Å². The molecule has 0 bridgehead atoms. The lowest BCUT2D eigenvalue weighted by atomic mass is 9.77. The molecule has 0 spiro atoms. The molecule has 1 heterocycles. The Bertz CT molecular complexity index is 711. The van der Waals surface area contributed by atoms with Crippen LogP contribution in [0, 0.1) is 0 Å². The Hall–Kier alpha value is -1.80. The normalized spacial score (nSPS) is 23.6. The van der Waals surface area contributed by atoms with Gasteiger partial charge >= 0.3 is 18.0 Å². The number of alkyl halides is 7. The highest BCUT2D eigenvalue weighted by Crippen LogP contribution is 2.54. The van der Waals surface area contributed by atoms with Crippen molar-refractivity contribution in [1.29, 1.82) is 0 Å². The van der Waals surface area contributed by atoms with Crippen LogP contribution < -0.4 is 0 Å². The minimum absolute atomic E-state index is 0.116. The summed E-state index contributed by atoms with van der Waals surface area (Å²) < 4.78 is 91.8. The Labute approximate surface area is 145 Å². The van der Waals surface area contributed by atoms with Gasteiger partial charge in [0.15, 0.2) is 0 Å². The van der Waals surface area contributed by atoms with E-state index in [1.165, 1.54) is 6.92 Å². The Morgan fingerprint density at radius 2 is 1.65 bits per heavy atom. The van der Waals surface area contributed by atoms with Crippen molar-refractivity contribution in [3.63, 3.8) is 0 Å². The quantitative estimate of drug-likeness (QED) is 0.648. The third-order valence-electron chi connectivity index (χ3n) is 5.38. The van der Waals surface area contributed by atoms with Crippen LogP contribution in [0.3, 0.4) is 0 Å². The number of likely N-dealkylation sites (tertiary alicyclic amines) is 1. The van der Waals surface area contributed by atoms with E-state index in [-0.39, 0.29) is 29.9 Å². The molecule has 2 nitrogen and oxygen atoms in total. The second-order valence-corrected chi connectivity index (χ2v) is 6.78. The van der Waals surface area contributed by atoms with E-state index < -0.39 is 23.6 Å². The first-order valence-corrected chi connectivity index (χ1v) is 8.11. The summed E-state index contributed by atoms with van der Waals surface area (Å²) in [6.45, 7) is 1.91. The topological polar surface area (TPSA) is 20.3 Å². The van der Waals surface area contributed by atoms with Crippen LogP contribution >= 0.6 is 0 Å². The minimum atomic E-state index is -6.12. The SMILES string of the molecule is CC(=O)N1CCC2c3ccc(C(F)(C(F)(F)F)C(F)(F)F)cc3CCC21. The molecule has 0 aromatic heterocycles. The van der Waals surface area contributed by atoms with E-state index in [0.717, 1.165) is 6.07 Å². The zero-order valence-corrected chi connectivity index (χ0v) is 13.7. The number of nitrogens with zero attached hydrogens (tertiary/aromatic N) is 1. The zero-order valence-electron chi connectivity index (χ0n) is 13.7. The Kier molecular flexibility index (Phi) is 4.27. The summed E-state index contributed by atoms with van der Waals surface area (Å²) in [6, 6.07) is 2.28. The highest BCUT2D eigenvalue weighted by atomic mass is 19.4. The summed E-state index contributed by atoms with van der Waals surface area (Å²) in [6.07, 6.45) is -11.0. The predicted octanol–water partition coefficient (Wildman–Crippen LogP) is 4.63. The number of rotatable bonds is 1. The maximum atomic E-state index is 14.2. The fraction of sp³-hybridized carbons (Fsp3) is 0.588. The fourth-order valence-corrected chi connectivity index (χ4v) is 4.15. The Balaban J connectivity index is 2.02. The molecule has 1 aliphatic carbocycles. The van der Waals surface area contributed by atoms with Crippen LogP contribution in [0.4, 0.5) is 30.7 Å². The average Bonchev–Trinajstić information content (AvgIpc) is 2.95. The molecule has 0 radical (unpaired) electrons.